The minimum Gasteiger partial charge on any atom is -0.486 e. The van der Waals surface area contributed by atoms with Crippen molar-refractivity contribution in [2.24, 2.45) is 5.92 Å². The zero-order chi connectivity index (χ0) is 15.3. The van der Waals surface area contributed by atoms with Crippen LogP contribution in [0.5, 0.6) is 5.75 Å². The minimum atomic E-state index is -3.61. The molecular weight excluding hydrogens is 306 g/mol. The average molecular weight is 322 g/mol. The molecule has 0 heterocycles. The fourth-order valence-corrected chi connectivity index (χ4v) is 3.09. The first-order valence-corrected chi connectivity index (χ1v) is 8.53. The van der Waals surface area contributed by atoms with Crippen LogP contribution < -0.4 is 4.74 Å². The van der Waals surface area contributed by atoms with E-state index in [-0.39, 0.29) is 29.7 Å². The lowest BCUT2D eigenvalue weighted by molar-refractivity contribution is -0.386. The summed E-state index contributed by atoms with van der Waals surface area (Å²) >= 11 is 0. The van der Waals surface area contributed by atoms with Crippen molar-refractivity contribution in [3.63, 3.8) is 0 Å². The van der Waals surface area contributed by atoms with Crippen molar-refractivity contribution in [2.45, 2.75) is 20.3 Å². The Bertz CT molecular complexity index is 588. The van der Waals surface area contributed by atoms with Crippen LogP contribution in [0.25, 0.3) is 0 Å². The fraction of sp³-hybridized carbons (Fsp3) is 0.500. The monoisotopic (exact) mass is 321 g/mol. The predicted octanol–water partition coefficient (Wildman–Crippen LogP) is 2.74. The summed E-state index contributed by atoms with van der Waals surface area (Å²) in [6, 6.07) is 4.72. The number of halogens is 1. The van der Waals surface area contributed by atoms with Crippen LogP contribution in [0.3, 0.4) is 0 Å². The number of nitro groups is 1. The number of hydrogen-bond donors (Lipinski definition) is 0. The number of aryl methyl sites for hydroxylation is 1. The van der Waals surface area contributed by atoms with Gasteiger partial charge in [-0.1, -0.05) is 19.9 Å². The van der Waals surface area contributed by atoms with E-state index < -0.39 is 14.0 Å². The standard InChI is InChI=1S/C12H16ClNO5S/c1-3-10-4-5-12(11(6-10)14(15)16)19-7-9(2)8-20(13,17)18/h4-6,9H,3,7-8H2,1-2H3. The van der Waals surface area contributed by atoms with Crippen molar-refractivity contribution in [2.75, 3.05) is 12.4 Å². The molecule has 0 aliphatic rings. The molecule has 1 unspecified atom stereocenters. The van der Waals surface area contributed by atoms with E-state index in [1.54, 1.807) is 13.0 Å². The van der Waals surface area contributed by atoms with Gasteiger partial charge < -0.3 is 4.74 Å². The molecule has 0 aromatic heterocycles. The van der Waals surface area contributed by atoms with Crippen LogP contribution in [0.15, 0.2) is 18.2 Å². The number of hydrogen-bond acceptors (Lipinski definition) is 5. The smallest absolute Gasteiger partial charge is 0.311 e. The number of nitro benzene ring substituents is 1. The Morgan fingerprint density at radius 2 is 2.10 bits per heavy atom. The number of ether oxygens (including phenoxy) is 1. The molecule has 0 aliphatic carbocycles. The summed E-state index contributed by atoms with van der Waals surface area (Å²) < 4.78 is 27.2. The first-order valence-electron chi connectivity index (χ1n) is 6.05. The van der Waals surface area contributed by atoms with Crippen molar-refractivity contribution < 1.29 is 18.1 Å². The zero-order valence-corrected chi connectivity index (χ0v) is 12.8. The molecule has 0 N–H and O–H groups in total. The van der Waals surface area contributed by atoms with E-state index in [0.717, 1.165) is 5.56 Å². The van der Waals surface area contributed by atoms with Crippen molar-refractivity contribution in [3.8, 4) is 5.75 Å². The van der Waals surface area contributed by atoms with Crippen LogP contribution in [-0.4, -0.2) is 25.7 Å². The van der Waals surface area contributed by atoms with Crippen LogP contribution in [0.1, 0.15) is 19.4 Å². The Kier molecular flexibility index (Phi) is 5.76. The lowest BCUT2D eigenvalue weighted by Gasteiger charge is -2.12. The molecule has 6 nitrogen and oxygen atoms in total. The molecule has 1 aromatic carbocycles. The highest BCUT2D eigenvalue weighted by atomic mass is 35.7. The van der Waals surface area contributed by atoms with Crippen LogP contribution in [0.4, 0.5) is 5.69 Å². The van der Waals surface area contributed by atoms with E-state index >= 15 is 0 Å². The molecule has 0 saturated heterocycles. The van der Waals surface area contributed by atoms with Crippen LogP contribution in [-0.2, 0) is 15.5 Å². The van der Waals surface area contributed by atoms with Gasteiger partial charge in [-0.05, 0) is 18.1 Å². The zero-order valence-electron chi connectivity index (χ0n) is 11.2. The van der Waals surface area contributed by atoms with Gasteiger partial charge in [-0.15, -0.1) is 0 Å². The molecule has 112 valence electrons. The first-order chi connectivity index (χ1) is 9.23. The molecule has 1 aromatic rings. The van der Waals surface area contributed by atoms with Gasteiger partial charge in [0.25, 0.3) is 0 Å². The normalized spacial score (nSPS) is 12.9. The molecule has 0 bridgehead atoms. The molecule has 0 saturated carbocycles. The number of rotatable bonds is 7. The van der Waals surface area contributed by atoms with E-state index in [1.165, 1.54) is 12.1 Å². The van der Waals surface area contributed by atoms with Crippen molar-refractivity contribution in [1.29, 1.82) is 0 Å². The first kappa shape index (κ1) is 16.7. The molecule has 20 heavy (non-hydrogen) atoms. The summed E-state index contributed by atoms with van der Waals surface area (Å²) in [6.45, 7) is 3.58. The minimum absolute atomic E-state index is 0.0399. The van der Waals surface area contributed by atoms with Gasteiger partial charge in [-0.2, -0.15) is 0 Å². The highest BCUT2D eigenvalue weighted by Crippen LogP contribution is 2.28. The van der Waals surface area contributed by atoms with Crippen molar-refractivity contribution >= 4 is 25.4 Å². The van der Waals surface area contributed by atoms with Gasteiger partial charge in [0, 0.05) is 22.7 Å². The highest BCUT2D eigenvalue weighted by molar-refractivity contribution is 8.13. The molecular formula is C12H16ClNO5S. The number of nitrogens with zero attached hydrogens (tertiary/aromatic N) is 1. The number of benzene rings is 1. The maximum absolute atomic E-state index is 11.0. The van der Waals surface area contributed by atoms with E-state index in [0.29, 0.717) is 6.42 Å². The third kappa shape index (κ3) is 5.34. The summed E-state index contributed by atoms with van der Waals surface area (Å²) in [5.74, 6) is -0.468. The van der Waals surface area contributed by atoms with Gasteiger partial charge in [0.15, 0.2) is 5.75 Å². The Balaban J connectivity index is 2.80. The second kappa shape index (κ2) is 6.90. The summed E-state index contributed by atoms with van der Waals surface area (Å²) in [7, 11) is 1.53. The summed E-state index contributed by atoms with van der Waals surface area (Å²) in [5, 5.41) is 11.0. The largest absolute Gasteiger partial charge is 0.486 e. The average Bonchev–Trinajstić information content (AvgIpc) is 2.34. The maximum atomic E-state index is 11.0. The predicted molar refractivity (Wildman–Crippen MR) is 76.8 cm³/mol. The topological polar surface area (TPSA) is 86.5 Å². The molecule has 0 amide bonds. The Hall–Kier alpha value is -1.34. The van der Waals surface area contributed by atoms with Gasteiger partial charge in [-0.3, -0.25) is 10.1 Å². The van der Waals surface area contributed by atoms with E-state index in [1.807, 2.05) is 6.92 Å². The third-order valence-corrected chi connectivity index (χ3v) is 3.98. The van der Waals surface area contributed by atoms with Crippen LogP contribution in [0.2, 0.25) is 0 Å². The molecule has 1 atom stereocenters. The van der Waals surface area contributed by atoms with Gasteiger partial charge in [0.2, 0.25) is 9.05 Å². The molecule has 0 spiro atoms. The molecule has 8 heteroatoms. The molecule has 1 rings (SSSR count). The molecule has 0 aliphatic heterocycles. The van der Waals surface area contributed by atoms with Gasteiger partial charge in [-0.25, -0.2) is 8.42 Å². The third-order valence-electron chi connectivity index (χ3n) is 2.64. The SMILES string of the molecule is CCc1ccc(OCC(C)CS(=O)(=O)Cl)c([N+](=O)[O-])c1. The van der Waals surface area contributed by atoms with Gasteiger partial charge in [0.1, 0.15) is 0 Å². The summed E-state index contributed by atoms with van der Waals surface area (Å²) in [5.41, 5.74) is 0.714. The molecule has 0 radical (unpaired) electrons. The van der Waals surface area contributed by atoms with Crippen molar-refractivity contribution in [3.05, 3.63) is 33.9 Å². The highest BCUT2D eigenvalue weighted by Gasteiger charge is 2.18. The second-order valence-electron chi connectivity index (χ2n) is 4.53. The quantitative estimate of drug-likeness (QED) is 0.438. The Labute approximate surface area is 122 Å². The Morgan fingerprint density at radius 3 is 2.60 bits per heavy atom. The fourth-order valence-electron chi connectivity index (χ4n) is 1.67. The van der Waals surface area contributed by atoms with Crippen LogP contribution >= 0.6 is 10.7 Å². The van der Waals surface area contributed by atoms with Gasteiger partial charge in [0.05, 0.1) is 17.3 Å². The lowest BCUT2D eigenvalue weighted by atomic mass is 10.1. The molecule has 0 fully saturated rings. The summed E-state index contributed by atoms with van der Waals surface area (Å²) in [6.07, 6.45) is 0.683. The summed E-state index contributed by atoms with van der Waals surface area (Å²) in [4.78, 5) is 10.5. The lowest BCUT2D eigenvalue weighted by Crippen LogP contribution is -2.16. The van der Waals surface area contributed by atoms with Gasteiger partial charge >= 0.3 is 5.69 Å². The Morgan fingerprint density at radius 1 is 1.45 bits per heavy atom. The maximum Gasteiger partial charge on any atom is 0.311 e. The van der Waals surface area contributed by atoms with E-state index in [2.05, 4.69) is 0 Å². The van der Waals surface area contributed by atoms with Crippen LogP contribution in [0, 0.1) is 16.0 Å². The van der Waals surface area contributed by atoms with Crippen molar-refractivity contribution in [1.82, 2.24) is 0 Å². The van der Waals surface area contributed by atoms with E-state index in [4.69, 9.17) is 15.4 Å². The second-order valence-corrected chi connectivity index (χ2v) is 7.36. The van der Waals surface area contributed by atoms with E-state index in [9.17, 15) is 18.5 Å².